The van der Waals surface area contributed by atoms with Crippen molar-refractivity contribution >= 4 is 5.91 Å². The molecule has 0 fully saturated rings. The Morgan fingerprint density at radius 1 is 1.67 bits per heavy atom. The summed E-state index contributed by atoms with van der Waals surface area (Å²) in [6.45, 7) is 5.52. The molecule has 0 aliphatic heterocycles. The lowest BCUT2D eigenvalue weighted by Gasteiger charge is -2.25. The Morgan fingerprint density at radius 3 is 2.50 bits per heavy atom. The van der Waals surface area contributed by atoms with E-state index in [0.29, 0.717) is 6.54 Å². The van der Waals surface area contributed by atoms with Crippen LogP contribution in [0.25, 0.3) is 0 Å². The number of rotatable bonds is 4. The number of nitrogens with two attached hydrogens (primary N) is 1. The molecule has 0 aliphatic carbocycles. The van der Waals surface area contributed by atoms with Crippen LogP contribution >= 0.6 is 0 Å². The maximum atomic E-state index is 11.2. The third kappa shape index (κ3) is 3.69. The van der Waals surface area contributed by atoms with Crippen molar-refractivity contribution in [2.75, 3.05) is 13.2 Å². The standard InChI is InChI=1S/C8H18N2O2/c1-6(4-9)7(12)10-8(2,3)5-11/h6,11H,4-5,9H2,1-3H3,(H,10,12). The summed E-state index contributed by atoms with van der Waals surface area (Å²) in [4.78, 5) is 11.2. The molecular weight excluding hydrogens is 156 g/mol. The molecule has 12 heavy (non-hydrogen) atoms. The molecule has 0 rings (SSSR count). The van der Waals surface area contributed by atoms with Gasteiger partial charge in [0, 0.05) is 12.5 Å². The summed E-state index contributed by atoms with van der Waals surface area (Å²) in [5.41, 5.74) is 4.75. The third-order valence-corrected chi connectivity index (χ3v) is 1.66. The summed E-state index contributed by atoms with van der Waals surface area (Å²) in [6, 6.07) is 0. The fourth-order valence-corrected chi connectivity index (χ4v) is 0.603. The van der Waals surface area contributed by atoms with Crippen LogP contribution in [0.1, 0.15) is 20.8 Å². The first-order valence-electron chi connectivity index (χ1n) is 4.06. The molecule has 0 aromatic rings. The van der Waals surface area contributed by atoms with E-state index in [2.05, 4.69) is 5.32 Å². The molecule has 1 amide bonds. The minimum atomic E-state index is -0.555. The zero-order valence-electron chi connectivity index (χ0n) is 7.92. The number of aliphatic hydroxyl groups is 1. The quantitative estimate of drug-likeness (QED) is 0.536. The van der Waals surface area contributed by atoms with Gasteiger partial charge in [0.05, 0.1) is 12.1 Å². The number of nitrogens with one attached hydrogen (secondary N) is 1. The molecule has 4 heteroatoms. The van der Waals surface area contributed by atoms with Crippen molar-refractivity contribution < 1.29 is 9.90 Å². The Balaban J connectivity index is 4.00. The second-order valence-corrected chi connectivity index (χ2v) is 3.67. The molecule has 4 nitrogen and oxygen atoms in total. The Kier molecular flexibility index (Phi) is 4.20. The van der Waals surface area contributed by atoms with E-state index in [9.17, 15) is 4.79 Å². The highest BCUT2D eigenvalue weighted by Gasteiger charge is 2.21. The molecule has 0 heterocycles. The van der Waals surface area contributed by atoms with E-state index in [-0.39, 0.29) is 18.4 Å². The van der Waals surface area contributed by atoms with Crippen molar-refractivity contribution in [1.29, 1.82) is 0 Å². The molecule has 0 bridgehead atoms. The predicted octanol–water partition coefficient (Wildman–Crippen LogP) is -0.532. The van der Waals surface area contributed by atoms with Crippen LogP contribution in [0.15, 0.2) is 0 Å². The van der Waals surface area contributed by atoms with Gasteiger partial charge in [-0.15, -0.1) is 0 Å². The Hall–Kier alpha value is -0.610. The van der Waals surface area contributed by atoms with Crippen LogP contribution in [0.4, 0.5) is 0 Å². The fraction of sp³-hybridized carbons (Fsp3) is 0.875. The van der Waals surface area contributed by atoms with E-state index < -0.39 is 5.54 Å². The van der Waals surface area contributed by atoms with Crippen LogP contribution in [0.5, 0.6) is 0 Å². The van der Waals surface area contributed by atoms with Gasteiger partial charge in [0.25, 0.3) is 0 Å². The molecule has 0 saturated heterocycles. The molecule has 0 aromatic carbocycles. The van der Waals surface area contributed by atoms with Crippen molar-refractivity contribution in [2.24, 2.45) is 11.7 Å². The first-order valence-corrected chi connectivity index (χ1v) is 4.06. The van der Waals surface area contributed by atoms with E-state index in [1.807, 2.05) is 0 Å². The van der Waals surface area contributed by atoms with Crippen molar-refractivity contribution in [1.82, 2.24) is 5.32 Å². The highest BCUT2D eigenvalue weighted by molar-refractivity contribution is 5.79. The van der Waals surface area contributed by atoms with Gasteiger partial charge in [-0.2, -0.15) is 0 Å². The van der Waals surface area contributed by atoms with E-state index in [1.54, 1.807) is 20.8 Å². The van der Waals surface area contributed by atoms with E-state index in [0.717, 1.165) is 0 Å². The SMILES string of the molecule is CC(CN)C(=O)NC(C)(C)CO. The molecule has 0 saturated carbocycles. The molecular formula is C8H18N2O2. The van der Waals surface area contributed by atoms with Gasteiger partial charge in [0.1, 0.15) is 0 Å². The zero-order valence-corrected chi connectivity index (χ0v) is 7.92. The van der Waals surface area contributed by atoms with Gasteiger partial charge in [-0.05, 0) is 13.8 Å². The second-order valence-electron chi connectivity index (χ2n) is 3.67. The monoisotopic (exact) mass is 174 g/mol. The van der Waals surface area contributed by atoms with Crippen molar-refractivity contribution in [3.05, 3.63) is 0 Å². The van der Waals surface area contributed by atoms with Gasteiger partial charge >= 0.3 is 0 Å². The average molecular weight is 174 g/mol. The molecule has 1 atom stereocenters. The Bertz CT molecular complexity index is 157. The number of hydrogen-bond acceptors (Lipinski definition) is 3. The van der Waals surface area contributed by atoms with E-state index >= 15 is 0 Å². The number of amides is 1. The normalized spacial score (nSPS) is 14.1. The van der Waals surface area contributed by atoms with Crippen LogP contribution in [0, 0.1) is 5.92 Å². The fourth-order valence-electron chi connectivity index (χ4n) is 0.603. The van der Waals surface area contributed by atoms with Crippen molar-refractivity contribution in [3.8, 4) is 0 Å². The lowest BCUT2D eigenvalue weighted by molar-refractivity contribution is -0.126. The van der Waals surface area contributed by atoms with Crippen LogP contribution in [-0.4, -0.2) is 29.7 Å². The summed E-state index contributed by atoms with van der Waals surface area (Å²) in [7, 11) is 0. The lowest BCUT2D eigenvalue weighted by Crippen LogP contribution is -2.49. The summed E-state index contributed by atoms with van der Waals surface area (Å²) in [5, 5.41) is 11.5. The topological polar surface area (TPSA) is 75.4 Å². The van der Waals surface area contributed by atoms with Gasteiger partial charge < -0.3 is 16.2 Å². The van der Waals surface area contributed by atoms with Gasteiger partial charge in [-0.25, -0.2) is 0 Å². The average Bonchev–Trinajstić information content (AvgIpc) is 2.02. The first kappa shape index (κ1) is 11.4. The molecule has 0 aromatic heterocycles. The molecule has 0 spiro atoms. The summed E-state index contributed by atoms with van der Waals surface area (Å²) in [5.74, 6) is -0.313. The zero-order chi connectivity index (χ0) is 9.78. The lowest BCUT2D eigenvalue weighted by atomic mass is 10.0. The summed E-state index contributed by atoms with van der Waals surface area (Å²) >= 11 is 0. The van der Waals surface area contributed by atoms with Crippen LogP contribution in [-0.2, 0) is 4.79 Å². The van der Waals surface area contributed by atoms with Gasteiger partial charge in [-0.3, -0.25) is 4.79 Å². The highest BCUT2D eigenvalue weighted by Crippen LogP contribution is 2.02. The van der Waals surface area contributed by atoms with Gasteiger partial charge in [0.15, 0.2) is 0 Å². The smallest absolute Gasteiger partial charge is 0.224 e. The van der Waals surface area contributed by atoms with Gasteiger partial charge in [0.2, 0.25) is 5.91 Å². The minimum Gasteiger partial charge on any atom is -0.394 e. The third-order valence-electron chi connectivity index (χ3n) is 1.66. The Labute approximate surface area is 73.1 Å². The molecule has 1 unspecified atom stereocenters. The summed E-state index contributed by atoms with van der Waals surface area (Å²) < 4.78 is 0. The van der Waals surface area contributed by atoms with E-state index in [4.69, 9.17) is 10.8 Å². The van der Waals surface area contributed by atoms with Gasteiger partial charge in [-0.1, -0.05) is 6.92 Å². The highest BCUT2D eigenvalue weighted by atomic mass is 16.3. The molecule has 0 aliphatic rings. The first-order chi connectivity index (χ1) is 5.43. The van der Waals surface area contributed by atoms with Crippen LogP contribution < -0.4 is 11.1 Å². The maximum Gasteiger partial charge on any atom is 0.224 e. The molecule has 72 valence electrons. The second kappa shape index (κ2) is 4.42. The van der Waals surface area contributed by atoms with Crippen LogP contribution in [0.3, 0.4) is 0 Å². The number of aliphatic hydroxyl groups excluding tert-OH is 1. The van der Waals surface area contributed by atoms with E-state index in [1.165, 1.54) is 0 Å². The number of carbonyl (C=O) groups is 1. The molecule has 4 N–H and O–H groups in total. The predicted molar refractivity (Wildman–Crippen MR) is 47.5 cm³/mol. The Morgan fingerprint density at radius 2 is 2.17 bits per heavy atom. The summed E-state index contributed by atoms with van der Waals surface area (Å²) in [6.07, 6.45) is 0. The largest absolute Gasteiger partial charge is 0.394 e. The van der Waals surface area contributed by atoms with Crippen LogP contribution in [0.2, 0.25) is 0 Å². The maximum absolute atomic E-state index is 11.2. The minimum absolute atomic E-state index is 0.0734. The van der Waals surface area contributed by atoms with Crippen molar-refractivity contribution in [2.45, 2.75) is 26.3 Å². The number of carbonyl (C=O) groups excluding carboxylic acids is 1. The number of hydrogen-bond donors (Lipinski definition) is 3. The van der Waals surface area contributed by atoms with Crippen molar-refractivity contribution in [3.63, 3.8) is 0 Å². The molecule has 0 radical (unpaired) electrons.